The van der Waals surface area contributed by atoms with Crippen LogP contribution in [-0.2, 0) is 13.7 Å². The predicted octanol–water partition coefficient (Wildman–Crippen LogP) is 2.56. The molecular formula is C15H10BrF2N7O. The SMILES string of the molecule is Cn1ncnc1COc1nc2c(cc1Br)nnn2-c1c(F)cccc1F. The molecule has 0 saturated carbocycles. The van der Waals surface area contributed by atoms with Gasteiger partial charge in [-0.1, -0.05) is 11.3 Å². The Bertz CT molecular complexity index is 1090. The van der Waals surface area contributed by atoms with Crippen molar-refractivity contribution in [3.8, 4) is 11.6 Å². The van der Waals surface area contributed by atoms with E-state index in [1.807, 2.05) is 0 Å². The van der Waals surface area contributed by atoms with E-state index in [0.717, 1.165) is 16.8 Å². The van der Waals surface area contributed by atoms with Gasteiger partial charge >= 0.3 is 0 Å². The highest BCUT2D eigenvalue weighted by atomic mass is 79.9. The molecule has 11 heteroatoms. The first kappa shape index (κ1) is 16.5. The molecule has 1 aromatic carbocycles. The quantitative estimate of drug-likeness (QED) is 0.503. The normalized spacial score (nSPS) is 11.2. The summed E-state index contributed by atoms with van der Waals surface area (Å²) in [6.45, 7) is 0.114. The van der Waals surface area contributed by atoms with Gasteiger partial charge in [0.1, 0.15) is 24.1 Å². The van der Waals surface area contributed by atoms with Crippen molar-refractivity contribution in [1.29, 1.82) is 0 Å². The molecule has 0 aliphatic rings. The molecule has 0 bridgehead atoms. The fourth-order valence-corrected chi connectivity index (χ4v) is 2.76. The van der Waals surface area contributed by atoms with Gasteiger partial charge in [0.05, 0.1) is 4.47 Å². The van der Waals surface area contributed by atoms with Gasteiger partial charge in [-0.05, 0) is 34.1 Å². The molecule has 0 amide bonds. The lowest BCUT2D eigenvalue weighted by Gasteiger charge is -2.08. The van der Waals surface area contributed by atoms with Crippen LogP contribution in [0.4, 0.5) is 8.78 Å². The summed E-state index contributed by atoms with van der Waals surface area (Å²) in [5, 5.41) is 11.7. The van der Waals surface area contributed by atoms with E-state index in [4.69, 9.17) is 4.74 Å². The Hall–Kier alpha value is -2.95. The highest BCUT2D eigenvalue weighted by Crippen LogP contribution is 2.28. The molecule has 3 heterocycles. The van der Waals surface area contributed by atoms with Crippen LogP contribution < -0.4 is 4.74 Å². The maximum absolute atomic E-state index is 14.1. The minimum Gasteiger partial charge on any atom is -0.469 e. The minimum absolute atomic E-state index is 0.114. The average Bonchev–Trinajstić information content (AvgIpc) is 3.19. The number of aromatic nitrogens is 7. The lowest BCUT2D eigenvalue weighted by Crippen LogP contribution is -2.07. The second-order valence-electron chi connectivity index (χ2n) is 5.28. The molecule has 8 nitrogen and oxygen atoms in total. The van der Waals surface area contributed by atoms with E-state index < -0.39 is 11.6 Å². The van der Waals surface area contributed by atoms with Gasteiger partial charge in [-0.3, -0.25) is 4.68 Å². The van der Waals surface area contributed by atoms with Crippen LogP contribution in [-0.4, -0.2) is 34.7 Å². The molecule has 0 fully saturated rings. The molecule has 0 radical (unpaired) electrons. The number of hydrogen-bond acceptors (Lipinski definition) is 6. The molecule has 3 aromatic heterocycles. The maximum Gasteiger partial charge on any atom is 0.230 e. The molecule has 0 spiro atoms. The van der Waals surface area contributed by atoms with Crippen LogP contribution >= 0.6 is 15.9 Å². The zero-order valence-corrected chi connectivity index (χ0v) is 14.9. The van der Waals surface area contributed by atoms with Gasteiger partial charge in [0.25, 0.3) is 0 Å². The highest BCUT2D eigenvalue weighted by Gasteiger charge is 2.19. The summed E-state index contributed by atoms with van der Waals surface area (Å²) < 4.78 is 36.9. The fraction of sp³-hybridized carbons (Fsp3) is 0.133. The number of rotatable bonds is 4. The summed E-state index contributed by atoms with van der Waals surface area (Å²) in [6, 6.07) is 5.15. The molecule has 0 N–H and O–H groups in total. The largest absolute Gasteiger partial charge is 0.469 e. The van der Waals surface area contributed by atoms with E-state index in [2.05, 4.69) is 41.3 Å². The summed E-state index contributed by atoms with van der Waals surface area (Å²) >= 11 is 3.34. The van der Waals surface area contributed by atoms with Crippen molar-refractivity contribution in [3.05, 3.63) is 52.5 Å². The monoisotopic (exact) mass is 421 g/mol. The molecule has 0 unspecified atom stereocenters. The van der Waals surface area contributed by atoms with Crippen LogP contribution in [0.5, 0.6) is 5.88 Å². The van der Waals surface area contributed by atoms with Crippen LogP contribution in [0.25, 0.3) is 16.9 Å². The van der Waals surface area contributed by atoms with Gasteiger partial charge < -0.3 is 4.74 Å². The Labute approximate surface area is 153 Å². The van der Waals surface area contributed by atoms with Crippen LogP contribution in [0.1, 0.15) is 5.82 Å². The average molecular weight is 422 g/mol. The number of para-hydroxylation sites is 1. The number of ether oxygens (including phenoxy) is 1. The summed E-state index contributed by atoms with van der Waals surface area (Å²) in [5.74, 6) is -0.752. The van der Waals surface area contributed by atoms with Gasteiger partial charge in [0.2, 0.25) is 5.88 Å². The Morgan fingerprint density at radius 2 is 2.00 bits per heavy atom. The maximum atomic E-state index is 14.1. The van der Waals surface area contributed by atoms with Gasteiger partial charge in [-0.15, -0.1) is 5.10 Å². The molecular weight excluding hydrogens is 412 g/mol. The first-order chi connectivity index (χ1) is 12.5. The summed E-state index contributed by atoms with van der Waals surface area (Å²) in [6.07, 6.45) is 1.41. The number of fused-ring (bicyclic) bond motifs is 1. The molecule has 4 rings (SSSR count). The van der Waals surface area contributed by atoms with Crippen LogP contribution in [0.2, 0.25) is 0 Å². The standard InChI is InChI=1S/C15H10BrF2N7O/c1-24-12(19-7-20-24)6-26-15-8(16)5-11-14(21-15)25(23-22-11)13-9(17)3-2-4-10(13)18/h2-5,7H,6H2,1H3. The van der Waals surface area contributed by atoms with Gasteiger partial charge in [-0.25, -0.2) is 13.8 Å². The lowest BCUT2D eigenvalue weighted by atomic mass is 10.3. The Kier molecular flexibility index (Phi) is 4.07. The molecule has 4 aromatic rings. The Morgan fingerprint density at radius 1 is 1.23 bits per heavy atom. The van der Waals surface area contributed by atoms with E-state index in [-0.39, 0.29) is 23.8 Å². The number of nitrogens with zero attached hydrogens (tertiary/aromatic N) is 7. The molecule has 0 atom stereocenters. The van der Waals surface area contributed by atoms with Crippen molar-refractivity contribution < 1.29 is 13.5 Å². The second kappa shape index (κ2) is 6.41. The van der Waals surface area contributed by atoms with Gasteiger partial charge in [0.15, 0.2) is 23.1 Å². The second-order valence-corrected chi connectivity index (χ2v) is 6.13. The van der Waals surface area contributed by atoms with Gasteiger partial charge in [-0.2, -0.15) is 14.8 Å². The van der Waals surface area contributed by atoms with Crippen molar-refractivity contribution in [1.82, 2.24) is 34.7 Å². The van der Waals surface area contributed by atoms with E-state index in [0.29, 0.717) is 15.8 Å². The van der Waals surface area contributed by atoms with E-state index in [1.165, 1.54) is 12.4 Å². The van der Waals surface area contributed by atoms with Crippen LogP contribution in [0, 0.1) is 11.6 Å². The topological polar surface area (TPSA) is 83.5 Å². The van der Waals surface area contributed by atoms with Crippen molar-refractivity contribution in [2.75, 3.05) is 0 Å². The summed E-state index contributed by atoms with van der Waals surface area (Å²) in [4.78, 5) is 8.36. The third-order valence-corrected chi connectivity index (χ3v) is 4.21. The van der Waals surface area contributed by atoms with Crippen LogP contribution in [0.15, 0.2) is 35.1 Å². The van der Waals surface area contributed by atoms with E-state index in [1.54, 1.807) is 17.8 Å². The van der Waals surface area contributed by atoms with E-state index in [9.17, 15) is 8.78 Å². The first-order valence-electron chi connectivity index (χ1n) is 7.36. The fourth-order valence-electron chi connectivity index (χ4n) is 2.34. The molecule has 0 aliphatic carbocycles. The zero-order chi connectivity index (χ0) is 18.3. The number of hydrogen-bond donors (Lipinski definition) is 0. The van der Waals surface area contributed by atoms with Crippen LogP contribution in [0.3, 0.4) is 0 Å². The van der Waals surface area contributed by atoms with Gasteiger partial charge in [0, 0.05) is 7.05 Å². The number of benzene rings is 1. The Morgan fingerprint density at radius 3 is 2.69 bits per heavy atom. The number of pyridine rings is 1. The third-order valence-electron chi connectivity index (χ3n) is 3.64. The smallest absolute Gasteiger partial charge is 0.230 e. The summed E-state index contributed by atoms with van der Waals surface area (Å²) in [5.41, 5.74) is 0.153. The van der Waals surface area contributed by atoms with Crippen molar-refractivity contribution in [2.24, 2.45) is 7.05 Å². The lowest BCUT2D eigenvalue weighted by molar-refractivity contribution is 0.277. The highest BCUT2D eigenvalue weighted by molar-refractivity contribution is 9.10. The molecule has 26 heavy (non-hydrogen) atoms. The zero-order valence-electron chi connectivity index (χ0n) is 13.3. The number of halogens is 3. The predicted molar refractivity (Wildman–Crippen MR) is 89.6 cm³/mol. The van der Waals surface area contributed by atoms with Crippen molar-refractivity contribution >= 4 is 27.1 Å². The Balaban J connectivity index is 1.77. The number of aryl methyl sites for hydroxylation is 1. The van der Waals surface area contributed by atoms with E-state index >= 15 is 0 Å². The first-order valence-corrected chi connectivity index (χ1v) is 8.16. The molecule has 0 saturated heterocycles. The minimum atomic E-state index is -0.775. The third kappa shape index (κ3) is 2.79. The molecule has 132 valence electrons. The van der Waals surface area contributed by atoms with Crippen molar-refractivity contribution in [2.45, 2.75) is 6.61 Å². The molecule has 0 aliphatic heterocycles. The summed E-state index contributed by atoms with van der Waals surface area (Å²) in [7, 11) is 1.73. The van der Waals surface area contributed by atoms with Crippen molar-refractivity contribution in [3.63, 3.8) is 0 Å².